The highest BCUT2D eigenvalue weighted by Crippen LogP contribution is 2.20. The number of ether oxygens (including phenoxy) is 1. The highest BCUT2D eigenvalue weighted by Gasteiger charge is 2.33. The maximum absolute atomic E-state index is 13.5. The first-order chi connectivity index (χ1) is 9.06. The summed E-state index contributed by atoms with van der Waals surface area (Å²) in [6.45, 7) is 3.19. The van der Waals surface area contributed by atoms with E-state index in [4.69, 9.17) is 10.5 Å². The van der Waals surface area contributed by atoms with Gasteiger partial charge in [0, 0.05) is 25.3 Å². The van der Waals surface area contributed by atoms with Gasteiger partial charge in [-0.25, -0.2) is 4.39 Å². The van der Waals surface area contributed by atoms with Crippen LogP contribution in [0.3, 0.4) is 0 Å². The minimum absolute atomic E-state index is 0.286. The van der Waals surface area contributed by atoms with E-state index in [-0.39, 0.29) is 11.7 Å². The molecule has 1 heterocycles. The van der Waals surface area contributed by atoms with Crippen LogP contribution in [-0.4, -0.2) is 31.2 Å². The first-order valence-electron chi connectivity index (χ1n) is 6.43. The lowest BCUT2D eigenvalue weighted by molar-refractivity contribution is 0.0388. The molecule has 0 radical (unpaired) electrons. The molecule has 1 aliphatic rings. The zero-order chi connectivity index (χ0) is 13.9. The molecule has 0 saturated carbocycles. The summed E-state index contributed by atoms with van der Waals surface area (Å²) < 4.78 is 18.8. The quantitative estimate of drug-likeness (QED) is 0.868. The van der Waals surface area contributed by atoms with Crippen LogP contribution in [-0.2, 0) is 4.74 Å². The Kier molecular flexibility index (Phi) is 4.17. The summed E-state index contributed by atoms with van der Waals surface area (Å²) in [5.74, 6) is -0.660. The predicted octanol–water partition coefficient (Wildman–Crippen LogP) is 1.37. The number of carbonyl (C=O) groups is 1. The molecule has 0 unspecified atom stereocenters. The minimum Gasteiger partial charge on any atom is -0.381 e. The van der Waals surface area contributed by atoms with Crippen LogP contribution in [0.5, 0.6) is 0 Å². The average Bonchev–Trinajstić information content (AvgIpc) is 2.43. The molecule has 1 fully saturated rings. The van der Waals surface area contributed by atoms with E-state index in [1.54, 1.807) is 19.1 Å². The van der Waals surface area contributed by atoms with Gasteiger partial charge in [0.15, 0.2) is 0 Å². The second kappa shape index (κ2) is 5.67. The summed E-state index contributed by atoms with van der Waals surface area (Å²) in [7, 11) is 0. The molecule has 0 aromatic heterocycles. The van der Waals surface area contributed by atoms with E-state index in [0.717, 1.165) is 0 Å². The number of nitrogens with one attached hydrogen (secondary N) is 1. The van der Waals surface area contributed by atoms with E-state index < -0.39 is 5.54 Å². The largest absolute Gasteiger partial charge is 0.381 e. The third-order valence-corrected chi connectivity index (χ3v) is 3.65. The van der Waals surface area contributed by atoms with Crippen molar-refractivity contribution in [1.29, 1.82) is 0 Å². The van der Waals surface area contributed by atoms with Crippen LogP contribution in [0, 0.1) is 12.7 Å². The lowest BCUT2D eigenvalue weighted by Crippen LogP contribution is -2.56. The van der Waals surface area contributed by atoms with Gasteiger partial charge in [0.05, 0.1) is 5.54 Å². The Labute approximate surface area is 112 Å². The Morgan fingerprint density at radius 3 is 2.74 bits per heavy atom. The van der Waals surface area contributed by atoms with Crippen LogP contribution in [0.1, 0.15) is 28.8 Å². The number of amides is 1. The number of aryl methyl sites for hydroxylation is 1. The second-order valence-electron chi connectivity index (χ2n) is 5.01. The van der Waals surface area contributed by atoms with E-state index in [9.17, 15) is 9.18 Å². The van der Waals surface area contributed by atoms with Gasteiger partial charge in [-0.05, 0) is 37.5 Å². The van der Waals surface area contributed by atoms with E-state index in [1.807, 2.05) is 0 Å². The molecule has 0 bridgehead atoms. The summed E-state index contributed by atoms with van der Waals surface area (Å²) >= 11 is 0. The molecule has 3 N–H and O–H groups in total. The maximum Gasteiger partial charge on any atom is 0.251 e. The van der Waals surface area contributed by atoms with Crippen molar-refractivity contribution in [3.8, 4) is 0 Å². The van der Waals surface area contributed by atoms with Gasteiger partial charge >= 0.3 is 0 Å². The number of nitrogens with two attached hydrogens (primary N) is 1. The van der Waals surface area contributed by atoms with E-state index in [2.05, 4.69) is 5.32 Å². The number of halogens is 1. The Morgan fingerprint density at radius 1 is 1.47 bits per heavy atom. The van der Waals surface area contributed by atoms with Crippen LogP contribution in [0.15, 0.2) is 18.2 Å². The van der Waals surface area contributed by atoms with Gasteiger partial charge in [-0.2, -0.15) is 0 Å². The zero-order valence-electron chi connectivity index (χ0n) is 11.0. The van der Waals surface area contributed by atoms with Gasteiger partial charge in [0.2, 0.25) is 0 Å². The molecule has 0 spiro atoms. The molecule has 4 nitrogen and oxygen atoms in total. The van der Waals surface area contributed by atoms with Crippen LogP contribution in [0.2, 0.25) is 0 Å². The third-order valence-electron chi connectivity index (χ3n) is 3.65. The molecule has 0 atom stereocenters. The third kappa shape index (κ3) is 3.11. The molecule has 1 aromatic carbocycles. The molecule has 1 amide bonds. The Balaban J connectivity index is 2.12. The molecule has 5 heteroatoms. The first kappa shape index (κ1) is 14.0. The van der Waals surface area contributed by atoms with Crippen molar-refractivity contribution in [2.24, 2.45) is 5.73 Å². The number of benzene rings is 1. The van der Waals surface area contributed by atoms with Crippen molar-refractivity contribution in [1.82, 2.24) is 5.32 Å². The minimum atomic E-state index is -0.434. The lowest BCUT2D eigenvalue weighted by atomic mass is 9.89. The molecule has 1 saturated heterocycles. The fraction of sp³-hybridized carbons (Fsp3) is 0.500. The van der Waals surface area contributed by atoms with Crippen molar-refractivity contribution in [3.63, 3.8) is 0 Å². The summed E-state index contributed by atoms with van der Waals surface area (Å²) in [5.41, 5.74) is 6.19. The fourth-order valence-corrected chi connectivity index (χ4v) is 2.19. The lowest BCUT2D eigenvalue weighted by Gasteiger charge is -2.37. The van der Waals surface area contributed by atoms with E-state index >= 15 is 0 Å². The molecule has 19 heavy (non-hydrogen) atoms. The van der Waals surface area contributed by atoms with Gasteiger partial charge in [-0.1, -0.05) is 6.07 Å². The number of carbonyl (C=O) groups excluding carboxylic acids is 1. The highest BCUT2D eigenvalue weighted by atomic mass is 19.1. The summed E-state index contributed by atoms with van der Waals surface area (Å²) in [4.78, 5) is 12.2. The van der Waals surface area contributed by atoms with Crippen LogP contribution >= 0.6 is 0 Å². The average molecular weight is 266 g/mol. The smallest absolute Gasteiger partial charge is 0.251 e. The number of rotatable bonds is 3. The van der Waals surface area contributed by atoms with Gasteiger partial charge in [0.25, 0.3) is 5.91 Å². The molecule has 1 aliphatic heterocycles. The second-order valence-corrected chi connectivity index (χ2v) is 5.01. The van der Waals surface area contributed by atoms with Crippen molar-refractivity contribution in [3.05, 3.63) is 35.1 Å². The molecular formula is C14H19FN2O2. The Hall–Kier alpha value is -1.46. The molecule has 2 rings (SSSR count). The maximum atomic E-state index is 13.5. The normalized spacial score (nSPS) is 18.1. The van der Waals surface area contributed by atoms with Crippen molar-refractivity contribution >= 4 is 5.91 Å². The van der Waals surface area contributed by atoms with E-state index in [1.165, 1.54) is 6.07 Å². The summed E-state index contributed by atoms with van der Waals surface area (Å²) in [6, 6.07) is 4.48. The van der Waals surface area contributed by atoms with Gasteiger partial charge < -0.3 is 15.8 Å². The number of hydrogen-bond acceptors (Lipinski definition) is 3. The predicted molar refractivity (Wildman–Crippen MR) is 70.4 cm³/mol. The molecule has 104 valence electrons. The van der Waals surface area contributed by atoms with Crippen molar-refractivity contribution < 1.29 is 13.9 Å². The molecule has 1 aromatic rings. The Bertz CT molecular complexity index is 471. The van der Waals surface area contributed by atoms with Crippen LogP contribution in [0.4, 0.5) is 4.39 Å². The van der Waals surface area contributed by atoms with Gasteiger partial charge in [-0.15, -0.1) is 0 Å². The fourth-order valence-electron chi connectivity index (χ4n) is 2.19. The van der Waals surface area contributed by atoms with Crippen LogP contribution < -0.4 is 11.1 Å². The van der Waals surface area contributed by atoms with E-state index in [0.29, 0.717) is 43.7 Å². The first-order valence-corrected chi connectivity index (χ1v) is 6.43. The number of hydrogen-bond donors (Lipinski definition) is 2. The summed E-state index contributed by atoms with van der Waals surface area (Å²) in [5, 5.41) is 2.93. The standard InChI is InChI=1S/C14H19FN2O2/c1-10-2-3-11(8-12(10)15)13(18)17-14(9-16)4-6-19-7-5-14/h2-3,8H,4-7,9,16H2,1H3,(H,17,18). The molecule has 0 aliphatic carbocycles. The highest BCUT2D eigenvalue weighted by molar-refractivity contribution is 5.94. The monoisotopic (exact) mass is 266 g/mol. The topological polar surface area (TPSA) is 64.4 Å². The van der Waals surface area contributed by atoms with Gasteiger partial charge in [-0.3, -0.25) is 4.79 Å². The Morgan fingerprint density at radius 2 is 2.16 bits per heavy atom. The zero-order valence-corrected chi connectivity index (χ0v) is 11.0. The SMILES string of the molecule is Cc1ccc(C(=O)NC2(CN)CCOCC2)cc1F. The van der Waals surface area contributed by atoms with Crippen LogP contribution in [0.25, 0.3) is 0 Å². The van der Waals surface area contributed by atoms with Crippen molar-refractivity contribution in [2.75, 3.05) is 19.8 Å². The van der Waals surface area contributed by atoms with Gasteiger partial charge in [0.1, 0.15) is 5.82 Å². The van der Waals surface area contributed by atoms with Crippen molar-refractivity contribution in [2.45, 2.75) is 25.3 Å². The summed E-state index contributed by atoms with van der Waals surface area (Å²) in [6.07, 6.45) is 1.37. The molecular weight excluding hydrogens is 247 g/mol.